The zero-order chi connectivity index (χ0) is 29.6. The number of rotatable bonds is 11. The fourth-order valence-corrected chi connectivity index (χ4v) is 6.25. The van der Waals surface area contributed by atoms with Crippen LogP contribution in [-0.4, -0.2) is 50.0 Å². The van der Waals surface area contributed by atoms with Gasteiger partial charge < -0.3 is 10.2 Å². The van der Waals surface area contributed by atoms with Gasteiger partial charge in [-0.2, -0.15) is 0 Å². The molecular weight excluding hydrogens is 581 g/mol. The third-order valence-electron chi connectivity index (χ3n) is 7.31. The maximum Gasteiger partial charge on any atom is 0.244 e. The smallest absolute Gasteiger partial charge is 0.244 e. The molecule has 41 heavy (non-hydrogen) atoms. The molecule has 3 aromatic rings. The summed E-state index contributed by atoms with van der Waals surface area (Å²) in [6.07, 6.45) is 5.19. The summed E-state index contributed by atoms with van der Waals surface area (Å²) in [4.78, 5) is 29.5. The molecule has 2 amide bonds. The van der Waals surface area contributed by atoms with Crippen LogP contribution in [0.4, 0.5) is 5.69 Å². The SMILES string of the molecule is Cc1ccc(N(CC(=O)N(Cc2ccc(Cl)c(Cl)c2)C(Cc2ccccc2)C(=O)NC2CCCC2)S(C)(=O)=O)cc1. The van der Waals surface area contributed by atoms with Crippen molar-refractivity contribution in [1.82, 2.24) is 10.2 Å². The van der Waals surface area contributed by atoms with Crippen LogP contribution in [0.5, 0.6) is 0 Å². The van der Waals surface area contributed by atoms with Crippen LogP contribution >= 0.6 is 23.2 Å². The van der Waals surface area contributed by atoms with Gasteiger partial charge in [0.05, 0.1) is 22.0 Å². The van der Waals surface area contributed by atoms with Gasteiger partial charge >= 0.3 is 0 Å². The maximum absolute atomic E-state index is 14.2. The van der Waals surface area contributed by atoms with Crippen molar-refractivity contribution in [2.24, 2.45) is 0 Å². The van der Waals surface area contributed by atoms with Crippen LogP contribution in [0.15, 0.2) is 72.8 Å². The number of carbonyl (C=O) groups excluding carboxylic acids is 2. The topological polar surface area (TPSA) is 86.8 Å². The second-order valence-corrected chi connectivity index (χ2v) is 13.3. The number of hydrogen-bond donors (Lipinski definition) is 1. The van der Waals surface area contributed by atoms with Crippen LogP contribution in [0.1, 0.15) is 42.4 Å². The minimum atomic E-state index is -3.82. The molecule has 1 N–H and O–H groups in total. The number of amides is 2. The van der Waals surface area contributed by atoms with Crippen LogP contribution < -0.4 is 9.62 Å². The Hall–Kier alpha value is -3.07. The zero-order valence-corrected chi connectivity index (χ0v) is 25.6. The van der Waals surface area contributed by atoms with Crippen molar-refractivity contribution in [3.8, 4) is 0 Å². The van der Waals surface area contributed by atoms with Crippen molar-refractivity contribution in [2.75, 3.05) is 17.1 Å². The molecule has 0 saturated heterocycles. The lowest BCUT2D eigenvalue weighted by molar-refractivity contribution is -0.140. The number of sulfonamides is 1. The van der Waals surface area contributed by atoms with E-state index >= 15 is 0 Å². The minimum Gasteiger partial charge on any atom is -0.352 e. The van der Waals surface area contributed by atoms with Gasteiger partial charge in [-0.25, -0.2) is 8.42 Å². The van der Waals surface area contributed by atoms with E-state index < -0.39 is 28.5 Å². The standard InChI is InChI=1S/C31H35Cl2N3O4S/c1-22-12-15-26(16-13-22)36(41(2,39)40)21-30(37)35(20-24-14-17-27(32)28(33)18-24)29(19-23-8-4-3-5-9-23)31(38)34-25-10-6-7-11-25/h3-5,8-9,12-18,25,29H,6-7,10-11,19-21H2,1-2H3,(H,34,38). The molecule has 1 saturated carbocycles. The lowest BCUT2D eigenvalue weighted by Gasteiger charge is -2.34. The van der Waals surface area contributed by atoms with Crippen molar-refractivity contribution in [1.29, 1.82) is 0 Å². The summed E-state index contributed by atoms with van der Waals surface area (Å²) < 4.78 is 26.8. The van der Waals surface area contributed by atoms with Gasteiger partial charge in [0.2, 0.25) is 21.8 Å². The first-order valence-electron chi connectivity index (χ1n) is 13.6. The van der Waals surface area contributed by atoms with Gasteiger partial charge in [0.25, 0.3) is 0 Å². The van der Waals surface area contributed by atoms with E-state index in [2.05, 4.69) is 5.32 Å². The van der Waals surface area contributed by atoms with Gasteiger partial charge in [-0.3, -0.25) is 13.9 Å². The number of carbonyl (C=O) groups is 2. The highest BCUT2D eigenvalue weighted by atomic mass is 35.5. The number of halogens is 2. The second kappa shape index (κ2) is 13.7. The van der Waals surface area contributed by atoms with E-state index in [-0.39, 0.29) is 24.9 Å². The monoisotopic (exact) mass is 615 g/mol. The Bertz CT molecular complexity index is 1460. The molecule has 0 spiro atoms. The molecular formula is C31H35Cl2N3O4S. The summed E-state index contributed by atoms with van der Waals surface area (Å²) in [7, 11) is -3.82. The molecule has 0 aliphatic heterocycles. The van der Waals surface area contributed by atoms with Gasteiger partial charge in [-0.1, -0.05) is 90.1 Å². The summed E-state index contributed by atoms with van der Waals surface area (Å²) >= 11 is 12.4. The minimum absolute atomic E-state index is 0.0385. The summed E-state index contributed by atoms with van der Waals surface area (Å²) in [5.41, 5.74) is 2.88. The number of benzene rings is 3. The second-order valence-electron chi connectivity index (χ2n) is 10.6. The normalized spacial score (nSPS) is 14.4. The Morgan fingerprint density at radius 2 is 1.59 bits per heavy atom. The number of anilines is 1. The lowest BCUT2D eigenvalue weighted by Crippen LogP contribution is -2.54. The Labute approximate surface area is 252 Å². The molecule has 0 bridgehead atoms. The van der Waals surface area contributed by atoms with E-state index in [0.29, 0.717) is 21.3 Å². The van der Waals surface area contributed by atoms with E-state index in [1.165, 1.54) is 4.90 Å². The van der Waals surface area contributed by atoms with Crippen LogP contribution in [-0.2, 0) is 32.6 Å². The summed E-state index contributed by atoms with van der Waals surface area (Å²) in [5, 5.41) is 3.84. The first-order valence-corrected chi connectivity index (χ1v) is 16.2. The van der Waals surface area contributed by atoms with Crippen molar-refractivity contribution in [2.45, 2.75) is 57.7 Å². The predicted octanol–water partition coefficient (Wildman–Crippen LogP) is 5.77. The summed E-state index contributed by atoms with van der Waals surface area (Å²) in [6, 6.07) is 20.6. The van der Waals surface area contributed by atoms with Crippen LogP contribution in [0, 0.1) is 6.92 Å². The van der Waals surface area contributed by atoms with E-state index in [1.807, 2.05) is 37.3 Å². The van der Waals surface area contributed by atoms with E-state index in [1.54, 1.807) is 42.5 Å². The molecule has 7 nitrogen and oxygen atoms in total. The fraction of sp³-hybridized carbons (Fsp3) is 0.355. The summed E-state index contributed by atoms with van der Waals surface area (Å²) in [6.45, 7) is 1.47. The first kappa shape index (κ1) is 30.9. The molecule has 1 aliphatic rings. The Kier molecular flexibility index (Phi) is 10.3. The van der Waals surface area contributed by atoms with Gasteiger partial charge in [0.1, 0.15) is 12.6 Å². The van der Waals surface area contributed by atoms with Crippen molar-refractivity contribution in [3.05, 3.63) is 99.5 Å². The summed E-state index contributed by atoms with van der Waals surface area (Å²) in [5.74, 6) is -0.778. The van der Waals surface area contributed by atoms with E-state index in [4.69, 9.17) is 23.2 Å². The molecule has 0 radical (unpaired) electrons. The molecule has 1 unspecified atom stereocenters. The zero-order valence-electron chi connectivity index (χ0n) is 23.2. The molecule has 1 aliphatic carbocycles. The number of nitrogens with zero attached hydrogens (tertiary/aromatic N) is 2. The Morgan fingerprint density at radius 1 is 0.927 bits per heavy atom. The van der Waals surface area contributed by atoms with Crippen LogP contribution in [0.2, 0.25) is 10.0 Å². The molecule has 218 valence electrons. The molecule has 10 heteroatoms. The first-order chi connectivity index (χ1) is 19.5. The highest BCUT2D eigenvalue weighted by Crippen LogP contribution is 2.26. The third kappa shape index (κ3) is 8.47. The molecule has 0 heterocycles. The number of nitrogens with one attached hydrogen (secondary N) is 1. The Balaban J connectivity index is 1.73. The maximum atomic E-state index is 14.2. The average Bonchev–Trinajstić information content (AvgIpc) is 3.44. The molecule has 3 aromatic carbocycles. The van der Waals surface area contributed by atoms with Gasteiger partial charge in [-0.05, 0) is 55.2 Å². The van der Waals surface area contributed by atoms with Crippen molar-refractivity contribution in [3.63, 3.8) is 0 Å². The molecule has 4 rings (SSSR count). The van der Waals surface area contributed by atoms with Crippen LogP contribution in [0.25, 0.3) is 0 Å². The van der Waals surface area contributed by atoms with E-state index in [0.717, 1.165) is 47.4 Å². The highest BCUT2D eigenvalue weighted by molar-refractivity contribution is 7.92. The number of aryl methyl sites for hydroxylation is 1. The highest BCUT2D eigenvalue weighted by Gasteiger charge is 2.34. The third-order valence-corrected chi connectivity index (χ3v) is 9.19. The molecule has 0 aromatic heterocycles. The molecule has 1 atom stereocenters. The largest absolute Gasteiger partial charge is 0.352 e. The van der Waals surface area contributed by atoms with Gasteiger partial charge in [0, 0.05) is 19.0 Å². The molecule has 1 fully saturated rings. The van der Waals surface area contributed by atoms with Crippen LogP contribution in [0.3, 0.4) is 0 Å². The van der Waals surface area contributed by atoms with Gasteiger partial charge in [-0.15, -0.1) is 0 Å². The quantitative estimate of drug-likeness (QED) is 0.297. The van der Waals surface area contributed by atoms with Gasteiger partial charge in [0.15, 0.2) is 0 Å². The number of hydrogen-bond acceptors (Lipinski definition) is 4. The van der Waals surface area contributed by atoms with Crippen molar-refractivity contribution >= 4 is 50.7 Å². The lowest BCUT2D eigenvalue weighted by atomic mass is 10.0. The van der Waals surface area contributed by atoms with E-state index in [9.17, 15) is 18.0 Å². The fourth-order valence-electron chi connectivity index (χ4n) is 5.08. The van der Waals surface area contributed by atoms with Crippen molar-refractivity contribution < 1.29 is 18.0 Å². The average molecular weight is 617 g/mol. The predicted molar refractivity (Wildman–Crippen MR) is 165 cm³/mol. The Morgan fingerprint density at radius 3 is 2.20 bits per heavy atom.